The molecule has 2 amide bonds. The van der Waals surface area contributed by atoms with Crippen LogP contribution >= 0.6 is 0 Å². The van der Waals surface area contributed by atoms with Crippen molar-refractivity contribution >= 4 is 6.03 Å². The predicted octanol–water partition coefficient (Wildman–Crippen LogP) is 2.54. The van der Waals surface area contributed by atoms with Crippen molar-refractivity contribution in [2.45, 2.75) is 19.5 Å². The van der Waals surface area contributed by atoms with Crippen molar-refractivity contribution in [3.8, 4) is 5.82 Å². The van der Waals surface area contributed by atoms with Gasteiger partial charge >= 0.3 is 6.03 Å². The molecule has 0 atom stereocenters. The molecule has 4 rings (SSSR count). The Morgan fingerprint density at radius 3 is 2.76 bits per heavy atom. The molecule has 0 spiro atoms. The Bertz CT molecular complexity index is 858. The fourth-order valence-electron chi connectivity index (χ4n) is 3.02. The highest BCUT2D eigenvalue weighted by molar-refractivity contribution is 5.74. The second kappa shape index (κ2) is 6.76. The number of carbonyl (C=O) groups excluding carboxylic acids is 1. The fourth-order valence-corrected chi connectivity index (χ4v) is 3.02. The second-order valence-electron chi connectivity index (χ2n) is 6.07. The van der Waals surface area contributed by atoms with Crippen LogP contribution in [0.1, 0.15) is 16.7 Å². The molecule has 1 aromatic carbocycles. The summed E-state index contributed by atoms with van der Waals surface area (Å²) in [5, 5.41) is 7.13. The van der Waals surface area contributed by atoms with Gasteiger partial charge in [0.05, 0.1) is 0 Å². The lowest BCUT2D eigenvalue weighted by molar-refractivity contribution is 0.192. The van der Waals surface area contributed by atoms with E-state index in [1.807, 2.05) is 35.4 Å². The molecule has 3 heterocycles. The van der Waals surface area contributed by atoms with Crippen molar-refractivity contribution < 1.29 is 4.79 Å². The number of fused-ring (bicyclic) bond motifs is 1. The van der Waals surface area contributed by atoms with E-state index >= 15 is 0 Å². The van der Waals surface area contributed by atoms with Crippen LogP contribution in [0.3, 0.4) is 0 Å². The summed E-state index contributed by atoms with van der Waals surface area (Å²) in [4.78, 5) is 18.6. The van der Waals surface area contributed by atoms with E-state index in [0.717, 1.165) is 24.3 Å². The molecule has 6 heteroatoms. The average Bonchev–Trinajstić information content (AvgIpc) is 3.21. The van der Waals surface area contributed by atoms with Crippen LogP contribution in [-0.4, -0.2) is 32.2 Å². The first-order chi connectivity index (χ1) is 12.3. The zero-order valence-electron chi connectivity index (χ0n) is 13.8. The van der Waals surface area contributed by atoms with E-state index in [9.17, 15) is 4.79 Å². The number of hydrogen-bond donors (Lipinski definition) is 1. The topological polar surface area (TPSA) is 63.1 Å². The molecule has 0 fully saturated rings. The van der Waals surface area contributed by atoms with Crippen LogP contribution in [0.4, 0.5) is 4.79 Å². The molecule has 0 unspecified atom stereocenters. The van der Waals surface area contributed by atoms with E-state index in [1.165, 1.54) is 11.1 Å². The van der Waals surface area contributed by atoms with E-state index in [1.54, 1.807) is 17.1 Å². The third-order valence-corrected chi connectivity index (χ3v) is 4.41. The number of urea groups is 1. The summed E-state index contributed by atoms with van der Waals surface area (Å²) < 4.78 is 1.70. The third kappa shape index (κ3) is 3.38. The summed E-state index contributed by atoms with van der Waals surface area (Å²) in [5.74, 6) is 0.757. The molecule has 2 aromatic heterocycles. The normalized spacial score (nSPS) is 13.4. The van der Waals surface area contributed by atoms with Crippen LogP contribution in [0, 0.1) is 0 Å². The number of nitrogens with zero attached hydrogens (tertiary/aromatic N) is 4. The molecule has 25 heavy (non-hydrogen) atoms. The lowest BCUT2D eigenvalue weighted by Crippen LogP contribution is -2.42. The molecule has 0 saturated heterocycles. The maximum atomic E-state index is 12.4. The second-order valence-corrected chi connectivity index (χ2v) is 6.07. The zero-order chi connectivity index (χ0) is 17.1. The van der Waals surface area contributed by atoms with Crippen molar-refractivity contribution in [1.82, 2.24) is 25.0 Å². The van der Waals surface area contributed by atoms with Gasteiger partial charge in [-0.05, 0) is 35.2 Å². The Labute approximate surface area is 146 Å². The number of amides is 2. The summed E-state index contributed by atoms with van der Waals surface area (Å²) in [5.41, 5.74) is 3.53. The first-order valence-electron chi connectivity index (χ1n) is 8.34. The highest BCUT2D eigenvalue weighted by Gasteiger charge is 2.19. The Balaban J connectivity index is 1.35. The summed E-state index contributed by atoms with van der Waals surface area (Å²) in [6.07, 6.45) is 6.23. The molecular weight excluding hydrogens is 314 g/mol. The molecule has 126 valence electrons. The number of benzene rings is 1. The molecule has 1 aliphatic rings. The Morgan fingerprint density at radius 1 is 1.12 bits per heavy atom. The monoisotopic (exact) mass is 333 g/mol. The van der Waals surface area contributed by atoms with Gasteiger partial charge in [0, 0.05) is 38.2 Å². The standard InChI is InChI=1S/C19H19N5O/c25-19(23-11-8-16-4-1-2-5-17(16)14-23)21-13-15-6-7-18(20-12-15)24-10-3-9-22-24/h1-7,9-10,12H,8,11,13-14H2,(H,21,25). The maximum Gasteiger partial charge on any atom is 0.317 e. The molecule has 1 N–H and O–H groups in total. The van der Waals surface area contributed by atoms with Gasteiger partial charge in [-0.1, -0.05) is 30.3 Å². The SMILES string of the molecule is O=C(NCc1ccc(-n2cccn2)nc1)N1CCc2ccccc2C1. The molecule has 0 bridgehead atoms. The predicted molar refractivity (Wildman–Crippen MR) is 94.2 cm³/mol. The van der Waals surface area contributed by atoms with Gasteiger partial charge in [-0.2, -0.15) is 5.10 Å². The lowest BCUT2D eigenvalue weighted by Gasteiger charge is -2.29. The smallest absolute Gasteiger partial charge is 0.317 e. The zero-order valence-corrected chi connectivity index (χ0v) is 13.8. The largest absolute Gasteiger partial charge is 0.334 e. The Kier molecular flexibility index (Phi) is 4.16. The summed E-state index contributed by atoms with van der Waals surface area (Å²) in [6, 6.07) is 14.0. The highest BCUT2D eigenvalue weighted by atomic mass is 16.2. The molecule has 0 saturated carbocycles. The van der Waals surface area contributed by atoms with Crippen LogP contribution in [0.15, 0.2) is 61.1 Å². The maximum absolute atomic E-state index is 12.4. The molecule has 0 aliphatic carbocycles. The fraction of sp³-hybridized carbons (Fsp3) is 0.211. The van der Waals surface area contributed by atoms with E-state index in [0.29, 0.717) is 13.1 Å². The van der Waals surface area contributed by atoms with Gasteiger partial charge in [-0.15, -0.1) is 0 Å². The third-order valence-electron chi connectivity index (χ3n) is 4.41. The first-order valence-corrected chi connectivity index (χ1v) is 8.34. The van der Waals surface area contributed by atoms with E-state index in [4.69, 9.17) is 0 Å². The number of pyridine rings is 1. The minimum Gasteiger partial charge on any atom is -0.334 e. The van der Waals surface area contributed by atoms with E-state index in [2.05, 4.69) is 33.6 Å². The summed E-state index contributed by atoms with van der Waals surface area (Å²) in [6.45, 7) is 1.88. The van der Waals surface area contributed by atoms with Crippen LogP contribution < -0.4 is 5.32 Å². The van der Waals surface area contributed by atoms with Crippen LogP contribution in [0.25, 0.3) is 5.82 Å². The van der Waals surface area contributed by atoms with Gasteiger partial charge in [-0.25, -0.2) is 14.5 Å². The minimum atomic E-state index is -0.0364. The minimum absolute atomic E-state index is 0.0364. The number of rotatable bonds is 3. The van der Waals surface area contributed by atoms with Crippen molar-refractivity contribution in [3.05, 3.63) is 77.7 Å². The first kappa shape index (κ1) is 15.4. The number of aromatic nitrogens is 3. The van der Waals surface area contributed by atoms with Gasteiger partial charge in [0.15, 0.2) is 5.82 Å². The van der Waals surface area contributed by atoms with Gasteiger partial charge in [0.2, 0.25) is 0 Å². The van der Waals surface area contributed by atoms with Crippen molar-refractivity contribution in [2.75, 3.05) is 6.54 Å². The molecule has 6 nitrogen and oxygen atoms in total. The molecule has 1 aliphatic heterocycles. The van der Waals surface area contributed by atoms with Gasteiger partial charge in [0.25, 0.3) is 0 Å². The lowest BCUT2D eigenvalue weighted by atomic mass is 10.0. The Hall–Kier alpha value is -3.15. The quantitative estimate of drug-likeness (QED) is 0.801. The van der Waals surface area contributed by atoms with E-state index in [-0.39, 0.29) is 6.03 Å². The average molecular weight is 333 g/mol. The Morgan fingerprint density at radius 2 is 2.00 bits per heavy atom. The number of nitrogens with one attached hydrogen (secondary N) is 1. The van der Waals surface area contributed by atoms with Crippen LogP contribution in [-0.2, 0) is 19.5 Å². The van der Waals surface area contributed by atoms with Gasteiger partial charge in [0.1, 0.15) is 0 Å². The molecule has 0 radical (unpaired) electrons. The highest BCUT2D eigenvalue weighted by Crippen LogP contribution is 2.18. The van der Waals surface area contributed by atoms with Gasteiger partial charge < -0.3 is 10.2 Å². The summed E-state index contributed by atoms with van der Waals surface area (Å²) in [7, 11) is 0. The molecule has 3 aromatic rings. The van der Waals surface area contributed by atoms with Gasteiger partial charge in [-0.3, -0.25) is 0 Å². The van der Waals surface area contributed by atoms with Crippen molar-refractivity contribution in [1.29, 1.82) is 0 Å². The van der Waals surface area contributed by atoms with Crippen LogP contribution in [0.5, 0.6) is 0 Å². The van der Waals surface area contributed by atoms with Crippen molar-refractivity contribution in [3.63, 3.8) is 0 Å². The summed E-state index contributed by atoms with van der Waals surface area (Å²) >= 11 is 0. The van der Waals surface area contributed by atoms with Crippen LogP contribution in [0.2, 0.25) is 0 Å². The molecular formula is C19H19N5O. The van der Waals surface area contributed by atoms with E-state index < -0.39 is 0 Å². The van der Waals surface area contributed by atoms with Crippen molar-refractivity contribution in [2.24, 2.45) is 0 Å². The number of hydrogen-bond acceptors (Lipinski definition) is 3. The number of carbonyl (C=O) groups is 1.